The summed E-state index contributed by atoms with van der Waals surface area (Å²) in [7, 11) is 0. The van der Waals surface area contributed by atoms with Crippen molar-refractivity contribution in [1.82, 2.24) is 25.0 Å². The highest BCUT2D eigenvalue weighted by Gasteiger charge is 2.39. The average Bonchev–Trinajstić information content (AvgIpc) is 3.29. The first-order valence-corrected chi connectivity index (χ1v) is 10.4. The molecule has 0 unspecified atom stereocenters. The fourth-order valence-electron chi connectivity index (χ4n) is 3.44. The minimum Gasteiger partial charge on any atom is -0.314 e. The Labute approximate surface area is 174 Å². The number of fused-ring (bicyclic) bond motifs is 1. The summed E-state index contributed by atoms with van der Waals surface area (Å²) in [5.74, 6) is 0. The van der Waals surface area contributed by atoms with Gasteiger partial charge in [0.25, 0.3) is 5.56 Å². The summed E-state index contributed by atoms with van der Waals surface area (Å²) in [4.78, 5) is 23.7. The minimum absolute atomic E-state index is 0.0681. The van der Waals surface area contributed by atoms with Crippen LogP contribution in [0.2, 0.25) is 0 Å². The summed E-state index contributed by atoms with van der Waals surface area (Å²) in [5, 5.41) is 5.62. The van der Waals surface area contributed by atoms with E-state index in [-0.39, 0.29) is 10.8 Å². The second-order valence-corrected chi connectivity index (χ2v) is 8.03. The van der Waals surface area contributed by atoms with Crippen LogP contribution in [-0.4, -0.2) is 64.6 Å². The van der Waals surface area contributed by atoms with Crippen molar-refractivity contribution in [2.45, 2.75) is 13.1 Å². The van der Waals surface area contributed by atoms with Gasteiger partial charge < -0.3 is 5.32 Å². The second kappa shape index (κ2) is 8.32. The number of aromatic amines is 1. The van der Waals surface area contributed by atoms with Crippen molar-refractivity contribution >= 4 is 27.3 Å². The SMILES string of the molecule is CC(=NCCN1CCNCC1)c1c(C(F)(F)F)[nH]n(-c2nc3ccccc3s2)c1=O. The van der Waals surface area contributed by atoms with Gasteiger partial charge in [0.15, 0.2) is 5.69 Å². The molecule has 0 spiro atoms. The summed E-state index contributed by atoms with van der Waals surface area (Å²) >= 11 is 1.15. The van der Waals surface area contributed by atoms with Crippen LogP contribution in [-0.2, 0) is 6.18 Å². The molecule has 1 fully saturated rings. The van der Waals surface area contributed by atoms with Crippen LogP contribution in [0.5, 0.6) is 0 Å². The number of hydrogen-bond donors (Lipinski definition) is 2. The largest absolute Gasteiger partial charge is 0.433 e. The molecule has 0 amide bonds. The van der Waals surface area contributed by atoms with E-state index in [1.165, 1.54) is 6.92 Å². The van der Waals surface area contributed by atoms with E-state index in [4.69, 9.17) is 0 Å². The number of para-hydroxylation sites is 1. The monoisotopic (exact) mass is 438 g/mol. The third kappa shape index (κ3) is 4.18. The molecule has 7 nitrogen and oxygen atoms in total. The molecule has 30 heavy (non-hydrogen) atoms. The van der Waals surface area contributed by atoms with E-state index in [9.17, 15) is 18.0 Å². The Morgan fingerprint density at radius 1 is 1.27 bits per heavy atom. The first kappa shape index (κ1) is 20.8. The molecule has 2 aromatic heterocycles. The van der Waals surface area contributed by atoms with Crippen molar-refractivity contribution in [2.75, 3.05) is 39.3 Å². The lowest BCUT2D eigenvalue weighted by Crippen LogP contribution is -2.44. The zero-order valence-corrected chi connectivity index (χ0v) is 17.1. The van der Waals surface area contributed by atoms with E-state index in [1.54, 1.807) is 18.2 Å². The van der Waals surface area contributed by atoms with E-state index in [0.717, 1.165) is 46.9 Å². The number of nitrogens with zero attached hydrogens (tertiary/aromatic N) is 4. The number of benzene rings is 1. The number of thiazole rings is 1. The molecule has 1 aliphatic rings. The molecule has 1 aliphatic heterocycles. The summed E-state index contributed by atoms with van der Waals surface area (Å²) in [5.41, 5.74) is -1.67. The molecule has 11 heteroatoms. The van der Waals surface area contributed by atoms with Gasteiger partial charge in [-0.3, -0.25) is 19.8 Å². The van der Waals surface area contributed by atoms with Gasteiger partial charge in [0.2, 0.25) is 5.13 Å². The van der Waals surface area contributed by atoms with Crippen LogP contribution in [0, 0.1) is 0 Å². The Hall–Kier alpha value is -2.50. The predicted octanol–water partition coefficient (Wildman–Crippen LogP) is 2.51. The fraction of sp³-hybridized carbons (Fsp3) is 0.421. The first-order chi connectivity index (χ1) is 14.3. The van der Waals surface area contributed by atoms with Crippen LogP contribution in [0.15, 0.2) is 34.1 Å². The molecule has 0 atom stereocenters. The number of nitrogens with one attached hydrogen (secondary N) is 2. The summed E-state index contributed by atoms with van der Waals surface area (Å²) in [6.45, 7) is 5.91. The molecular formula is C19H21F3N6OS. The van der Waals surface area contributed by atoms with E-state index in [1.807, 2.05) is 6.07 Å². The van der Waals surface area contributed by atoms with Crippen molar-refractivity contribution < 1.29 is 13.2 Å². The van der Waals surface area contributed by atoms with Gasteiger partial charge >= 0.3 is 6.18 Å². The van der Waals surface area contributed by atoms with E-state index in [0.29, 0.717) is 18.6 Å². The number of alkyl halides is 3. The van der Waals surface area contributed by atoms with Crippen LogP contribution < -0.4 is 10.9 Å². The molecule has 2 N–H and O–H groups in total. The highest BCUT2D eigenvalue weighted by atomic mass is 32.1. The molecule has 4 rings (SSSR count). The predicted molar refractivity (Wildman–Crippen MR) is 111 cm³/mol. The first-order valence-electron chi connectivity index (χ1n) is 9.57. The van der Waals surface area contributed by atoms with E-state index < -0.39 is 23.0 Å². The number of aliphatic imine (C=N–C) groups is 1. The molecule has 160 valence electrons. The third-order valence-corrected chi connectivity index (χ3v) is 6.01. The molecule has 3 heterocycles. The second-order valence-electron chi connectivity index (χ2n) is 7.02. The van der Waals surface area contributed by atoms with Gasteiger partial charge in [-0.05, 0) is 19.1 Å². The van der Waals surface area contributed by atoms with Crippen molar-refractivity contribution in [2.24, 2.45) is 4.99 Å². The zero-order valence-electron chi connectivity index (χ0n) is 16.3. The molecule has 0 aliphatic carbocycles. The Morgan fingerprint density at radius 2 is 2.00 bits per heavy atom. The molecule has 0 saturated carbocycles. The number of H-pyrrole nitrogens is 1. The van der Waals surface area contributed by atoms with Crippen molar-refractivity contribution in [3.63, 3.8) is 0 Å². The standard InChI is InChI=1S/C19H21F3N6OS/c1-12(24-8-11-27-9-6-23-7-10-27)15-16(19(20,21)22)26-28(17(15)29)18-25-13-4-2-3-5-14(13)30-18/h2-5,23,26H,6-11H2,1H3. The minimum atomic E-state index is -4.72. The summed E-state index contributed by atoms with van der Waals surface area (Å²) in [6, 6.07) is 7.14. The quantitative estimate of drug-likeness (QED) is 0.600. The number of aromatic nitrogens is 3. The molecule has 1 aromatic carbocycles. The van der Waals surface area contributed by atoms with E-state index >= 15 is 0 Å². The summed E-state index contributed by atoms with van der Waals surface area (Å²) in [6.07, 6.45) is -4.72. The number of hydrogen-bond acceptors (Lipinski definition) is 6. The zero-order chi connectivity index (χ0) is 21.3. The van der Waals surface area contributed by atoms with Crippen LogP contribution >= 0.6 is 11.3 Å². The van der Waals surface area contributed by atoms with Crippen LogP contribution in [0.1, 0.15) is 18.2 Å². The molecule has 3 aromatic rings. The maximum Gasteiger partial charge on any atom is 0.433 e. The van der Waals surface area contributed by atoms with Gasteiger partial charge in [-0.25, -0.2) is 4.98 Å². The van der Waals surface area contributed by atoms with Crippen LogP contribution in [0.3, 0.4) is 0 Å². The summed E-state index contributed by atoms with van der Waals surface area (Å²) < 4.78 is 42.6. The Kier molecular flexibility index (Phi) is 5.76. The van der Waals surface area contributed by atoms with Gasteiger partial charge in [-0.15, -0.1) is 0 Å². The number of rotatable bonds is 5. The Balaban J connectivity index is 1.67. The maximum absolute atomic E-state index is 13.7. The lowest BCUT2D eigenvalue weighted by atomic mass is 10.1. The lowest BCUT2D eigenvalue weighted by molar-refractivity contribution is -0.141. The van der Waals surface area contributed by atoms with E-state index in [2.05, 4.69) is 25.3 Å². The normalized spacial score (nSPS) is 16.5. The lowest BCUT2D eigenvalue weighted by Gasteiger charge is -2.26. The topological polar surface area (TPSA) is 78.3 Å². The highest BCUT2D eigenvalue weighted by molar-refractivity contribution is 7.20. The fourth-order valence-corrected chi connectivity index (χ4v) is 4.37. The van der Waals surface area contributed by atoms with Crippen molar-refractivity contribution in [3.05, 3.63) is 45.9 Å². The number of halogens is 3. The number of piperazine rings is 1. The molecule has 1 saturated heterocycles. The highest BCUT2D eigenvalue weighted by Crippen LogP contribution is 2.31. The van der Waals surface area contributed by atoms with Crippen LogP contribution in [0.25, 0.3) is 15.3 Å². The van der Waals surface area contributed by atoms with Crippen molar-refractivity contribution in [3.8, 4) is 5.13 Å². The van der Waals surface area contributed by atoms with Crippen molar-refractivity contribution in [1.29, 1.82) is 0 Å². The smallest absolute Gasteiger partial charge is 0.314 e. The average molecular weight is 438 g/mol. The molecule has 0 radical (unpaired) electrons. The Bertz CT molecular complexity index is 1090. The Morgan fingerprint density at radius 3 is 2.70 bits per heavy atom. The van der Waals surface area contributed by atoms with Gasteiger partial charge in [-0.2, -0.15) is 17.9 Å². The van der Waals surface area contributed by atoms with Gasteiger partial charge in [0, 0.05) is 38.4 Å². The third-order valence-electron chi connectivity index (χ3n) is 4.98. The molecule has 0 bridgehead atoms. The van der Waals surface area contributed by atoms with Gasteiger partial charge in [0.05, 0.1) is 22.3 Å². The van der Waals surface area contributed by atoms with Gasteiger partial charge in [0.1, 0.15) is 0 Å². The van der Waals surface area contributed by atoms with Crippen LogP contribution in [0.4, 0.5) is 13.2 Å². The maximum atomic E-state index is 13.7. The van der Waals surface area contributed by atoms with Gasteiger partial charge in [-0.1, -0.05) is 23.5 Å². The molecular weight excluding hydrogens is 417 g/mol.